The van der Waals surface area contributed by atoms with Crippen molar-refractivity contribution in [2.45, 2.75) is 6.92 Å². The number of nitrogens with zero attached hydrogens (tertiary/aromatic N) is 4. The zero-order valence-corrected chi connectivity index (χ0v) is 10.1. The third-order valence-electron chi connectivity index (χ3n) is 3.14. The third kappa shape index (κ3) is 2.48. The highest BCUT2D eigenvalue weighted by Gasteiger charge is 2.18. The standard InChI is InChI=1S/C12H17N5/c1-2-16-3-5-17(6-4-16)12-11(14)7-10(8-13)9-15-12/h7,9H,2-6,14H2,1H3. The van der Waals surface area contributed by atoms with Gasteiger partial charge in [-0.2, -0.15) is 5.26 Å². The number of nitrogen functional groups attached to an aromatic ring is 1. The van der Waals surface area contributed by atoms with E-state index in [1.165, 1.54) is 0 Å². The molecule has 5 heteroatoms. The van der Waals surface area contributed by atoms with Crippen LogP contribution in [0.1, 0.15) is 12.5 Å². The summed E-state index contributed by atoms with van der Waals surface area (Å²) < 4.78 is 0. The molecule has 0 unspecified atom stereocenters. The summed E-state index contributed by atoms with van der Waals surface area (Å²) in [6.07, 6.45) is 1.58. The predicted molar refractivity (Wildman–Crippen MR) is 67.7 cm³/mol. The van der Waals surface area contributed by atoms with Crippen LogP contribution in [0.3, 0.4) is 0 Å². The Kier molecular flexibility index (Phi) is 3.45. The van der Waals surface area contributed by atoms with E-state index in [9.17, 15) is 0 Å². The Bertz CT molecular complexity index is 429. The zero-order valence-electron chi connectivity index (χ0n) is 10.1. The van der Waals surface area contributed by atoms with Crippen LogP contribution >= 0.6 is 0 Å². The highest BCUT2D eigenvalue weighted by molar-refractivity contribution is 5.64. The average Bonchev–Trinajstić information content (AvgIpc) is 2.39. The Hall–Kier alpha value is -1.80. The molecule has 0 atom stereocenters. The second-order valence-electron chi connectivity index (χ2n) is 4.17. The summed E-state index contributed by atoms with van der Waals surface area (Å²) in [5.74, 6) is 0.805. The van der Waals surface area contributed by atoms with Gasteiger partial charge in [0, 0.05) is 32.4 Å². The number of likely N-dealkylation sites (N-methyl/N-ethyl adjacent to an activating group) is 1. The summed E-state index contributed by atoms with van der Waals surface area (Å²) in [5, 5.41) is 8.76. The fourth-order valence-corrected chi connectivity index (χ4v) is 2.08. The molecule has 2 rings (SSSR count). The number of aromatic nitrogens is 1. The minimum Gasteiger partial charge on any atom is -0.396 e. The molecule has 1 saturated heterocycles. The summed E-state index contributed by atoms with van der Waals surface area (Å²) >= 11 is 0. The maximum atomic E-state index is 8.76. The minimum atomic E-state index is 0.512. The number of nitriles is 1. The van der Waals surface area contributed by atoms with E-state index in [0.717, 1.165) is 38.5 Å². The normalized spacial score (nSPS) is 16.8. The largest absolute Gasteiger partial charge is 0.396 e. The summed E-state index contributed by atoms with van der Waals surface area (Å²) in [5.41, 5.74) is 7.03. The van der Waals surface area contributed by atoms with Crippen molar-refractivity contribution in [2.24, 2.45) is 0 Å². The number of hydrogen-bond acceptors (Lipinski definition) is 5. The fraction of sp³-hybridized carbons (Fsp3) is 0.500. The molecule has 1 aliphatic rings. The first kappa shape index (κ1) is 11.7. The first-order valence-electron chi connectivity index (χ1n) is 5.87. The van der Waals surface area contributed by atoms with Crippen LogP contribution in [0.5, 0.6) is 0 Å². The molecule has 0 radical (unpaired) electrons. The van der Waals surface area contributed by atoms with Gasteiger partial charge < -0.3 is 15.5 Å². The monoisotopic (exact) mass is 231 g/mol. The van der Waals surface area contributed by atoms with E-state index in [1.54, 1.807) is 12.3 Å². The van der Waals surface area contributed by atoms with E-state index in [2.05, 4.69) is 21.7 Å². The molecule has 0 aromatic carbocycles. The quantitative estimate of drug-likeness (QED) is 0.810. The second kappa shape index (κ2) is 5.02. The Morgan fingerprint density at radius 3 is 2.65 bits per heavy atom. The molecule has 1 fully saturated rings. The van der Waals surface area contributed by atoms with Gasteiger partial charge >= 0.3 is 0 Å². The van der Waals surface area contributed by atoms with Crippen LogP contribution in [0.25, 0.3) is 0 Å². The number of anilines is 2. The van der Waals surface area contributed by atoms with Crippen molar-refractivity contribution in [3.63, 3.8) is 0 Å². The van der Waals surface area contributed by atoms with Gasteiger partial charge in [0.1, 0.15) is 6.07 Å². The summed E-state index contributed by atoms with van der Waals surface area (Å²) in [6, 6.07) is 3.73. The van der Waals surface area contributed by atoms with Gasteiger partial charge in [-0.25, -0.2) is 4.98 Å². The lowest BCUT2D eigenvalue weighted by atomic mass is 10.2. The van der Waals surface area contributed by atoms with E-state index in [-0.39, 0.29) is 0 Å². The molecule has 90 valence electrons. The minimum absolute atomic E-state index is 0.512. The molecule has 0 bridgehead atoms. The SMILES string of the molecule is CCN1CCN(c2ncc(C#N)cc2N)CC1. The third-order valence-corrected chi connectivity index (χ3v) is 3.14. The first-order chi connectivity index (χ1) is 8.24. The lowest BCUT2D eigenvalue weighted by Gasteiger charge is -2.35. The molecule has 0 amide bonds. The summed E-state index contributed by atoms with van der Waals surface area (Å²) in [4.78, 5) is 8.87. The van der Waals surface area contributed by atoms with Crippen LogP contribution in [0.15, 0.2) is 12.3 Å². The molecule has 5 nitrogen and oxygen atoms in total. The second-order valence-corrected chi connectivity index (χ2v) is 4.17. The van der Waals surface area contributed by atoms with Crippen LogP contribution < -0.4 is 10.6 Å². The van der Waals surface area contributed by atoms with Gasteiger partial charge in [-0.3, -0.25) is 0 Å². The molecule has 1 aliphatic heterocycles. The van der Waals surface area contributed by atoms with Crippen molar-refractivity contribution < 1.29 is 0 Å². The van der Waals surface area contributed by atoms with Gasteiger partial charge in [-0.05, 0) is 12.6 Å². The van der Waals surface area contributed by atoms with Crippen LogP contribution in [-0.2, 0) is 0 Å². The molecular formula is C12H17N5. The molecule has 1 aromatic heterocycles. The van der Waals surface area contributed by atoms with Gasteiger partial charge in [0.25, 0.3) is 0 Å². The molecule has 0 saturated carbocycles. The van der Waals surface area contributed by atoms with E-state index < -0.39 is 0 Å². The maximum Gasteiger partial charge on any atom is 0.151 e. The highest BCUT2D eigenvalue weighted by Crippen LogP contribution is 2.22. The molecule has 1 aromatic rings. The Morgan fingerprint density at radius 1 is 1.41 bits per heavy atom. The first-order valence-corrected chi connectivity index (χ1v) is 5.87. The average molecular weight is 231 g/mol. The van der Waals surface area contributed by atoms with Crippen molar-refractivity contribution >= 4 is 11.5 Å². The fourth-order valence-electron chi connectivity index (χ4n) is 2.08. The van der Waals surface area contributed by atoms with Gasteiger partial charge in [-0.15, -0.1) is 0 Å². The van der Waals surface area contributed by atoms with Gasteiger partial charge in [-0.1, -0.05) is 6.92 Å². The topological polar surface area (TPSA) is 69.2 Å². The number of rotatable bonds is 2. The number of nitrogens with two attached hydrogens (primary N) is 1. The smallest absolute Gasteiger partial charge is 0.151 e. The van der Waals surface area contributed by atoms with Gasteiger partial charge in [0.15, 0.2) is 5.82 Å². The zero-order chi connectivity index (χ0) is 12.3. The van der Waals surface area contributed by atoms with Crippen molar-refractivity contribution in [2.75, 3.05) is 43.4 Å². The Balaban J connectivity index is 2.11. The summed E-state index contributed by atoms with van der Waals surface area (Å²) in [6.45, 7) is 7.22. The van der Waals surface area contributed by atoms with Gasteiger partial charge in [0.2, 0.25) is 0 Å². The molecule has 2 N–H and O–H groups in total. The van der Waals surface area contributed by atoms with Crippen molar-refractivity contribution in [1.29, 1.82) is 5.26 Å². The lowest BCUT2D eigenvalue weighted by molar-refractivity contribution is 0.270. The van der Waals surface area contributed by atoms with E-state index in [0.29, 0.717) is 11.3 Å². The predicted octanol–water partition coefficient (Wildman–Crippen LogP) is 0.677. The number of hydrogen-bond donors (Lipinski definition) is 1. The Morgan fingerprint density at radius 2 is 2.12 bits per heavy atom. The lowest BCUT2D eigenvalue weighted by Crippen LogP contribution is -2.46. The van der Waals surface area contributed by atoms with Crippen molar-refractivity contribution in [3.05, 3.63) is 17.8 Å². The molecular weight excluding hydrogens is 214 g/mol. The van der Waals surface area contributed by atoms with Crippen LogP contribution in [0, 0.1) is 11.3 Å². The molecule has 0 spiro atoms. The Labute approximate surface area is 101 Å². The van der Waals surface area contributed by atoms with Crippen LogP contribution in [0.2, 0.25) is 0 Å². The summed E-state index contributed by atoms with van der Waals surface area (Å²) in [7, 11) is 0. The molecule has 2 heterocycles. The number of pyridine rings is 1. The van der Waals surface area contributed by atoms with E-state index >= 15 is 0 Å². The van der Waals surface area contributed by atoms with E-state index in [1.807, 2.05) is 6.07 Å². The van der Waals surface area contributed by atoms with E-state index in [4.69, 9.17) is 11.0 Å². The molecule has 17 heavy (non-hydrogen) atoms. The maximum absolute atomic E-state index is 8.76. The number of piperazine rings is 1. The van der Waals surface area contributed by atoms with Gasteiger partial charge in [0.05, 0.1) is 11.3 Å². The highest BCUT2D eigenvalue weighted by atomic mass is 15.3. The van der Waals surface area contributed by atoms with Crippen molar-refractivity contribution in [1.82, 2.24) is 9.88 Å². The van der Waals surface area contributed by atoms with Crippen LogP contribution in [-0.4, -0.2) is 42.6 Å². The van der Waals surface area contributed by atoms with Crippen molar-refractivity contribution in [3.8, 4) is 6.07 Å². The van der Waals surface area contributed by atoms with Crippen LogP contribution in [0.4, 0.5) is 11.5 Å². The molecule has 0 aliphatic carbocycles.